The minimum atomic E-state index is -0.399. The average molecular weight is 238 g/mol. The van der Waals surface area contributed by atoms with Gasteiger partial charge in [0.25, 0.3) is 0 Å². The summed E-state index contributed by atoms with van der Waals surface area (Å²) in [5.41, 5.74) is 0.407. The fourth-order valence-corrected chi connectivity index (χ4v) is 1.39. The van der Waals surface area contributed by atoms with E-state index in [4.69, 9.17) is 4.74 Å². The molecule has 94 valence electrons. The van der Waals surface area contributed by atoms with Gasteiger partial charge in [-0.15, -0.1) is 0 Å². The third kappa shape index (κ3) is 3.34. The van der Waals surface area contributed by atoms with Crippen molar-refractivity contribution in [3.8, 4) is 0 Å². The highest BCUT2D eigenvalue weighted by molar-refractivity contribution is 5.88. The van der Waals surface area contributed by atoms with Crippen LogP contribution in [0.5, 0.6) is 0 Å². The van der Waals surface area contributed by atoms with Gasteiger partial charge in [-0.25, -0.2) is 4.79 Å². The van der Waals surface area contributed by atoms with E-state index in [1.54, 1.807) is 41.8 Å². The molecule has 1 amide bonds. The van der Waals surface area contributed by atoms with Crippen LogP contribution in [-0.4, -0.2) is 41.5 Å². The molecule has 0 saturated heterocycles. The van der Waals surface area contributed by atoms with Crippen molar-refractivity contribution in [3.05, 3.63) is 24.0 Å². The van der Waals surface area contributed by atoms with E-state index in [0.717, 1.165) is 0 Å². The minimum absolute atomic E-state index is 0.0331. The van der Waals surface area contributed by atoms with Crippen molar-refractivity contribution in [3.63, 3.8) is 0 Å². The molecule has 0 aromatic carbocycles. The number of carbonyl (C=O) groups is 2. The van der Waals surface area contributed by atoms with E-state index in [1.165, 1.54) is 0 Å². The summed E-state index contributed by atoms with van der Waals surface area (Å²) < 4.78 is 6.51. The van der Waals surface area contributed by atoms with Crippen LogP contribution in [0.4, 0.5) is 0 Å². The Balaban J connectivity index is 2.75. The van der Waals surface area contributed by atoms with Crippen molar-refractivity contribution in [2.45, 2.75) is 20.4 Å². The molecule has 1 aromatic rings. The van der Waals surface area contributed by atoms with Gasteiger partial charge in [-0.1, -0.05) is 0 Å². The van der Waals surface area contributed by atoms with E-state index in [0.29, 0.717) is 18.8 Å². The maximum atomic E-state index is 11.7. The number of rotatable bonds is 5. The molecule has 0 N–H and O–H groups in total. The summed E-state index contributed by atoms with van der Waals surface area (Å²) in [4.78, 5) is 24.9. The Morgan fingerprint density at radius 3 is 2.71 bits per heavy atom. The van der Waals surface area contributed by atoms with Crippen LogP contribution in [0.15, 0.2) is 18.3 Å². The van der Waals surface area contributed by atoms with Crippen molar-refractivity contribution in [2.75, 3.05) is 20.2 Å². The maximum Gasteiger partial charge on any atom is 0.354 e. The second kappa shape index (κ2) is 6.08. The highest BCUT2D eigenvalue weighted by Crippen LogP contribution is 2.05. The monoisotopic (exact) mass is 238 g/mol. The third-order valence-corrected chi connectivity index (χ3v) is 2.52. The molecule has 5 nitrogen and oxygen atoms in total. The lowest BCUT2D eigenvalue weighted by Gasteiger charge is -2.15. The van der Waals surface area contributed by atoms with E-state index < -0.39 is 5.97 Å². The highest BCUT2D eigenvalue weighted by atomic mass is 16.5. The number of nitrogens with zero attached hydrogens (tertiary/aromatic N) is 2. The van der Waals surface area contributed by atoms with E-state index in [-0.39, 0.29) is 12.5 Å². The first kappa shape index (κ1) is 13.3. The predicted octanol–water partition coefficient (Wildman–Crippen LogP) is 1.14. The Bertz CT molecular complexity index is 398. The predicted molar refractivity (Wildman–Crippen MR) is 63.7 cm³/mol. The molecule has 5 heteroatoms. The molecule has 0 aliphatic heterocycles. The number of aromatic nitrogens is 1. The molecule has 0 atom stereocenters. The van der Waals surface area contributed by atoms with Gasteiger partial charge in [-0.3, -0.25) is 4.79 Å². The lowest BCUT2D eigenvalue weighted by atomic mass is 10.4. The topological polar surface area (TPSA) is 51.5 Å². The first-order chi connectivity index (χ1) is 8.10. The molecular formula is C12H18N2O3. The van der Waals surface area contributed by atoms with E-state index in [9.17, 15) is 9.59 Å². The molecule has 1 aromatic heterocycles. The van der Waals surface area contributed by atoms with Gasteiger partial charge in [0.05, 0.1) is 6.61 Å². The van der Waals surface area contributed by atoms with Crippen LogP contribution >= 0.6 is 0 Å². The van der Waals surface area contributed by atoms with Crippen LogP contribution in [0, 0.1) is 0 Å². The SMILES string of the molecule is CCOC(=O)c1cccn1CC(=O)N(C)CC. The number of carbonyl (C=O) groups excluding carboxylic acids is 2. The Labute approximate surface area is 101 Å². The Morgan fingerprint density at radius 1 is 1.41 bits per heavy atom. The molecule has 0 fully saturated rings. The lowest BCUT2D eigenvalue weighted by molar-refractivity contribution is -0.130. The lowest BCUT2D eigenvalue weighted by Crippen LogP contribution is -2.30. The molecule has 17 heavy (non-hydrogen) atoms. The standard InChI is InChI=1S/C12H18N2O3/c1-4-13(3)11(15)9-14-8-6-7-10(14)12(16)17-5-2/h6-8H,4-5,9H2,1-3H3. The largest absolute Gasteiger partial charge is 0.461 e. The quantitative estimate of drug-likeness (QED) is 0.723. The number of ether oxygens (including phenoxy) is 1. The molecule has 1 heterocycles. The molecule has 0 aliphatic carbocycles. The van der Waals surface area contributed by atoms with Crippen LogP contribution < -0.4 is 0 Å². The molecule has 0 saturated carbocycles. The summed E-state index contributed by atoms with van der Waals surface area (Å²) in [6.45, 7) is 4.79. The van der Waals surface area contributed by atoms with E-state index in [2.05, 4.69) is 0 Å². The first-order valence-corrected chi connectivity index (χ1v) is 5.66. The fourth-order valence-electron chi connectivity index (χ4n) is 1.39. The van der Waals surface area contributed by atoms with Crippen LogP contribution in [0.3, 0.4) is 0 Å². The zero-order valence-electron chi connectivity index (χ0n) is 10.5. The number of hydrogen-bond donors (Lipinski definition) is 0. The molecule has 0 unspecified atom stereocenters. The fraction of sp³-hybridized carbons (Fsp3) is 0.500. The van der Waals surface area contributed by atoms with Crippen molar-refractivity contribution >= 4 is 11.9 Å². The van der Waals surface area contributed by atoms with Crippen molar-refractivity contribution in [2.24, 2.45) is 0 Å². The normalized spacial score (nSPS) is 10.1. The van der Waals surface area contributed by atoms with Gasteiger partial charge in [-0.05, 0) is 26.0 Å². The highest BCUT2D eigenvalue weighted by Gasteiger charge is 2.15. The van der Waals surface area contributed by atoms with Crippen LogP contribution in [0.2, 0.25) is 0 Å². The van der Waals surface area contributed by atoms with Crippen molar-refractivity contribution < 1.29 is 14.3 Å². The number of hydrogen-bond acceptors (Lipinski definition) is 3. The van der Waals surface area contributed by atoms with Gasteiger partial charge in [-0.2, -0.15) is 0 Å². The Kier molecular flexibility index (Phi) is 4.75. The van der Waals surface area contributed by atoms with Gasteiger partial charge >= 0.3 is 5.97 Å². The maximum absolute atomic E-state index is 11.7. The average Bonchev–Trinajstić information content (AvgIpc) is 2.76. The smallest absolute Gasteiger partial charge is 0.354 e. The molecule has 0 aliphatic rings. The summed E-state index contributed by atoms with van der Waals surface area (Å²) in [6, 6.07) is 3.38. The molecule has 1 rings (SSSR count). The molecule has 0 bridgehead atoms. The van der Waals surface area contributed by atoms with Gasteiger partial charge in [0.15, 0.2) is 0 Å². The molecule has 0 spiro atoms. The van der Waals surface area contributed by atoms with Crippen LogP contribution in [-0.2, 0) is 16.1 Å². The number of esters is 1. The van der Waals surface area contributed by atoms with Crippen molar-refractivity contribution in [1.29, 1.82) is 0 Å². The first-order valence-electron chi connectivity index (χ1n) is 5.66. The minimum Gasteiger partial charge on any atom is -0.461 e. The summed E-state index contributed by atoms with van der Waals surface area (Å²) >= 11 is 0. The Morgan fingerprint density at radius 2 is 2.12 bits per heavy atom. The summed E-state index contributed by atoms with van der Waals surface area (Å²) in [7, 11) is 1.73. The van der Waals surface area contributed by atoms with Crippen LogP contribution in [0.1, 0.15) is 24.3 Å². The van der Waals surface area contributed by atoms with Crippen LogP contribution in [0.25, 0.3) is 0 Å². The second-order valence-corrected chi connectivity index (χ2v) is 3.65. The van der Waals surface area contributed by atoms with Gasteiger partial charge in [0, 0.05) is 19.8 Å². The van der Waals surface area contributed by atoms with Gasteiger partial charge in [0.2, 0.25) is 5.91 Å². The zero-order valence-corrected chi connectivity index (χ0v) is 10.5. The van der Waals surface area contributed by atoms with Gasteiger partial charge in [0.1, 0.15) is 12.2 Å². The zero-order chi connectivity index (χ0) is 12.8. The number of amides is 1. The molecule has 0 radical (unpaired) electrons. The van der Waals surface area contributed by atoms with Gasteiger partial charge < -0.3 is 14.2 Å². The number of likely N-dealkylation sites (N-methyl/N-ethyl adjacent to an activating group) is 1. The summed E-state index contributed by atoms with van der Waals surface area (Å²) in [5, 5.41) is 0. The Hall–Kier alpha value is -1.78. The summed E-state index contributed by atoms with van der Waals surface area (Å²) in [5.74, 6) is -0.432. The summed E-state index contributed by atoms with van der Waals surface area (Å²) in [6.07, 6.45) is 1.70. The van der Waals surface area contributed by atoms with E-state index in [1.807, 2.05) is 6.92 Å². The third-order valence-electron chi connectivity index (χ3n) is 2.52. The van der Waals surface area contributed by atoms with Crippen molar-refractivity contribution in [1.82, 2.24) is 9.47 Å². The second-order valence-electron chi connectivity index (χ2n) is 3.65. The molecular weight excluding hydrogens is 220 g/mol. The van der Waals surface area contributed by atoms with E-state index >= 15 is 0 Å².